The van der Waals surface area contributed by atoms with Gasteiger partial charge in [0.2, 0.25) is 0 Å². The summed E-state index contributed by atoms with van der Waals surface area (Å²) >= 11 is 0. The summed E-state index contributed by atoms with van der Waals surface area (Å²) in [5.74, 6) is -0.837. The summed E-state index contributed by atoms with van der Waals surface area (Å²) in [5.41, 5.74) is 3.57. The van der Waals surface area contributed by atoms with Gasteiger partial charge in [-0.05, 0) is 44.9 Å². The number of nitrogens with zero attached hydrogens (tertiary/aromatic N) is 2. The third-order valence-electron chi connectivity index (χ3n) is 4.82. The minimum atomic E-state index is -0.867. The maximum Gasteiger partial charge on any atom is 0.342 e. The van der Waals surface area contributed by atoms with E-state index in [1.54, 1.807) is 17.8 Å². The Morgan fingerprint density at radius 3 is 2.59 bits per heavy atom. The minimum absolute atomic E-state index is 0.215. The second-order valence-corrected chi connectivity index (χ2v) is 7.37. The Kier molecular flexibility index (Phi) is 5.16. The van der Waals surface area contributed by atoms with Gasteiger partial charge in [0, 0.05) is 17.8 Å². The summed E-state index contributed by atoms with van der Waals surface area (Å²) in [5, 5.41) is 7.50. The number of rotatable bonds is 6. The number of aromatic nitrogens is 2. The number of ether oxygens (including phenoxy) is 1. The van der Waals surface area contributed by atoms with Crippen molar-refractivity contribution in [1.82, 2.24) is 15.1 Å². The number of esters is 1. The van der Waals surface area contributed by atoms with Gasteiger partial charge in [0.15, 0.2) is 6.10 Å². The van der Waals surface area contributed by atoms with Crippen LogP contribution in [-0.2, 0) is 9.53 Å². The highest BCUT2D eigenvalue weighted by Gasteiger charge is 2.28. The fraction of sp³-hybridized carbons (Fsp3) is 0.261. The molecule has 1 heterocycles. The highest BCUT2D eigenvalue weighted by Crippen LogP contribution is 2.26. The fourth-order valence-corrected chi connectivity index (χ4v) is 3.07. The van der Waals surface area contributed by atoms with Crippen LogP contribution in [0.1, 0.15) is 35.7 Å². The van der Waals surface area contributed by atoms with Gasteiger partial charge in [0.25, 0.3) is 5.91 Å². The van der Waals surface area contributed by atoms with Gasteiger partial charge in [-0.25, -0.2) is 9.48 Å². The first-order valence-electron chi connectivity index (χ1n) is 9.75. The average Bonchev–Trinajstić information content (AvgIpc) is 3.42. The zero-order chi connectivity index (χ0) is 20.4. The third kappa shape index (κ3) is 4.37. The van der Waals surface area contributed by atoms with E-state index in [9.17, 15) is 9.59 Å². The Morgan fingerprint density at radius 1 is 1.14 bits per heavy atom. The quantitative estimate of drug-likeness (QED) is 0.653. The first kappa shape index (κ1) is 18.9. The number of aryl methyl sites for hydroxylation is 1. The zero-order valence-corrected chi connectivity index (χ0v) is 16.5. The van der Waals surface area contributed by atoms with Crippen LogP contribution >= 0.6 is 0 Å². The van der Waals surface area contributed by atoms with Crippen LogP contribution < -0.4 is 5.32 Å². The lowest BCUT2D eigenvalue weighted by atomic mass is 10.1. The summed E-state index contributed by atoms with van der Waals surface area (Å²) in [7, 11) is 0. The van der Waals surface area contributed by atoms with Gasteiger partial charge in [-0.15, -0.1) is 0 Å². The molecule has 0 bridgehead atoms. The molecule has 1 aliphatic rings. The van der Waals surface area contributed by atoms with Crippen molar-refractivity contribution in [3.63, 3.8) is 0 Å². The van der Waals surface area contributed by atoms with Gasteiger partial charge in [-0.2, -0.15) is 5.10 Å². The predicted molar refractivity (Wildman–Crippen MR) is 110 cm³/mol. The van der Waals surface area contributed by atoms with Crippen molar-refractivity contribution in [2.45, 2.75) is 38.8 Å². The van der Waals surface area contributed by atoms with Crippen molar-refractivity contribution in [3.8, 4) is 16.9 Å². The molecule has 2 aromatic carbocycles. The van der Waals surface area contributed by atoms with E-state index in [4.69, 9.17) is 4.74 Å². The van der Waals surface area contributed by atoms with Crippen molar-refractivity contribution in [2.24, 2.45) is 0 Å². The number of hydrogen-bond acceptors (Lipinski definition) is 4. The number of carbonyl (C=O) groups excluding carboxylic acids is 2. The van der Waals surface area contributed by atoms with Crippen LogP contribution in [0.15, 0.2) is 60.8 Å². The Balaban J connectivity index is 1.65. The smallest absolute Gasteiger partial charge is 0.342 e. The second-order valence-electron chi connectivity index (χ2n) is 7.37. The summed E-state index contributed by atoms with van der Waals surface area (Å²) in [6, 6.07) is 17.6. The molecule has 4 rings (SSSR count). The second kappa shape index (κ2) is 7.91. The van der Waals surface area contributed by atoms with Crippen molar-refractivity contribution in [1.29, 1.82) is 0 Å². The van der Waals surface area contributed by atoms with Crippen LogP contribution in [0.3, 0.4) is 0 Å². The fourth-order valence-electron chi connectivity index (χ4n) is 3.07. The molecule has 1 saturated carbocycles. The summed E-state index contributed by atoms with van der Waals surface area (Å²) < 4.78 is 7.12. The molecular weight excluding hydrogens is 366 g/mol. The van der Waals surface area contributed by atoms with Gasteiger partial charge >= 0.3 is 5.97 Å². The van der Waals surface area contributed by atoms with E-state index < -0.39 is 12.1 Å². The summed E-state index contributed by atoms with van der Waals surface area (Å²) in [6.07, 6.45) is 2.75. The van der Waals surface area contributed by atoms with E-state index in [1.807, 2.05) is 61.5 Å². The molecule has 148 valence electrons. The molecule has 1 atom stereocenters. The Bertz CT molecular complexity index is 1040. The maximum atomic E-state index is 12.9. The Morgan fingerprint density at radius 2 is 1.90 bits per heavy atom. The van der Waals surface area contributed by atoms with E-state index in [0.29, 0.717) is 11.3 Å². The lowest BCUT2D eigenvalue weighted by Gasteiger charge is -2.13. The molecule has 0 radical (unpaired) electrons. The first-order valence-corrected chi connectivity index (χ1v) is 9.75. The van der Waals surface area contributed by atoms with Gasteiger partial charge in [-0.3, -0.25) is 4.79 Å². The standard InChI is InChI=1S/C23H23N3O3/c1-15-7-6-8-17(13-15)21-20(14-26(25-21)19-9-4-3-5-10-19)23(28)29-16(2)22(27)24-18-11-12-18/h3-10,13-14,16,18H,11-12H2,1-2H3,(H,24,27)/t16-/m1/s1. The first-order chi connectivity index (χ1) is 14.0. The highest BCUT2D eigenvalue weighted by atomic mass is 16.5. The number of hydrogen-bond donors (Lipinski definition) is 1. The largest absolute Gasteiger partial charge is 0.449 e. The predicted octanol–water partition coefficient (Wildman–Crippen LogP) is 3.67. The molecular formula is C23H23N3O3. The zero-order valence-electron chi connectivity index (χ0n) is 16.5. The molecule has 1 fully saturated rings. The van der Waals surface area contributed by atoms with Gasteiger partial charge < -0.3 is 10.1 Å². The monoisotopic (exact) mass is 389 g/mol. The number of para-hydroxylation sites is 1. The van der Waals surface area contributed by atoms with Crippen LogP contribution in [0.4, 0.5) is 0 Å². The van der Waals surface area contributed by atoms with Gasteiger partial charge in [0.05, 0.1) is 5.69 Å². The Hall–Kier alpha value is -3.41. The van der Waals surface area contributed by atoms with E-state index >= 15 is 0 Å². The van der Waals surface area contributed by atoms with Crippen LogP contribution in [0.2, 0.25) is 0 Å². The average molecular weight is 389 g/mol. The maximum absolute atomic E-state index is 12.9. The molecule has 1 amide bonds. The topological polar surface area (TPSA) is 73.2 Å². The normalized spacial score (nSPS) is 14.3. The Labute approximate surface area is 169 Å². The van der Waals surface area contributed by atoms with E-state index in [1.165, 1.54) is 0 Å². The number of nitrogens with one attached hydrogen (secondary N) is 1. The molecule has 1 aliphatic carbocycles. The molecule has 1 N–H and O–H groups in total. The van der Waals surface area contributed by atoms with Gasteiger partial charge in [-0.1, -0.05) is 42.0 Å². The number of amides is 1. The molecule has 29 heavy (non-hydrogen) atoms. The third-order valence-corrected chi connectivity index (χ3v) is 4.82. The highest BCUT2D eigenvalue weighted by molar-refractivity contribution is 5.97. The molecule has 0 spiro atoms. The van der Waals surface area contributed by atoms with Crippen molar-refractivity contribution in [2.75, 3.05) is 0 Å². The summed E-state index contributed by atoms with van der Waals surface area (Å²) in [4.78, 5) is 25.1. The number of carbonyl (C=O) groups is 2. The lowest BCUT2D eigenvalue weighted by Crippen LogP contribution is -2.37. The molecule has 0 unspecified atom stereocenters. The van der Waals surface area contributed by atoms with Crippen molar-refractivity contribution in [3.05, 3.63) is 71.9 Å². The molecule has 6 heteroatoms. The molecule has 0 aliphatic heterocycles. The summed E-state index contributed by atoms with van der Waals surface area (Å²) in [6.45, 7) is 3.57. The van der Waals surface area contributed by atoms with Crippen molar-refractivity contribution >= 4 is 11.9 Å². The van der Waals surface area contributed by atoms with Crippen LogP contribution in [0.25, 0.3) is 16.9 Å². The minimum Gasteiger partial charge on any atom is -0.449 e. The van der Waals surface area contributed by atoms with E-state index in [0.717, 1.165) is 29.7 Å². The van der Waals surface area contributed by atoms with Crippen LogP contribution in [-0.4, -0.2) is 33.8 Å². The molecule has 0 saturated heterocycles. The van der Waals surface area contributed by atoms with Crippen molar-refractivity contribution < 1.29 is 14.3 Å². The number of benzene rings is 2. The van der Waals surface area contributed by atoms with E-state index in [-0.39, 0.29) is 11.9 Å². The van der Waals surface area contributed by atoms with Gasteiger partial charge in [0.1, 0.15) is 11.3 Å². The molecule has 3 aromatic rings. The van der Waals surface area contributed by atoms with Crippen LogP contribution in [0, 0.1) is 6.92 Å². The molecule has 1 aromatic heterocycles. The SMILES string of the molecule is Cc1cccc(-c2nn(-c3ccccc3)cc2C(=O)O[C@H](C)C(=O)NC2CC2)c1. The van der Waals surface area contributed by atoms with Crippen LogP contribution in [0.5, 0.6) is 0 Å². The van der Waals surface area contributed by atoms with E-state index in [2.05, 4.69) is 10.4 Å². The molecule has 6 nitrogen and oxygen atoms in total. The lowest BCUT2D eigenvalue weighted by molar-refractivity contribution is -0.129.